The highest BCUT2D eigenvalue weighted by molar-refractivity contribution is 7.98. The van der Waals surface area contributed by atoms with Crippen molar-refractivity contribution in [2.75, 3.05) is 17.7 Å². The number of benzene rings is 2. The van der Waals surface area contributed by atoms with Crippen molar-refractivity contribution in [2.45, 2.75) is 43.3 Å². The first kappa shape index (κ1) is 23.2. The Balaban J connectivity index is 1.37. The molecular formula is C24H25FN8OS. The first-order valence-electron chi connectivity index (χ1n) is 11.3. The van der Waals surface area contributed by atoms with Gasteiger partial charge in [0.15, 0.2) is 11.0 Å². The van der Waals surface area contributed by atoms with Crippen molar-refractivity contribution < 1.29 is 9.13 Å². The molecule has 3 heterocycles. The molecule has 2 aromatic heterocycles. The van der Waals surface area contributed by atoms with Gasteiger partial charge in [0.25, 0.3) is 0 Å². The minimum Gasteiger partial charge on any atom is -0.376 e. The number of nitrogens with zero attached hydrogens (tertiary/aromatic N) is 6. The number of nitrogens with two attached hydrogens (primary N) is 1. The number of halogens is 1. The summed E-state index contributed by atoms with van der Waals surface area (Å²) in [5, 5.41) is 12.7. The number of nitrogen functional groups attached to an aromatic ring is 1. The number of aryl methyl sites for hydroxylation is 1. The van der Waals surface area contributed by atoms with E-state index in [9.17, 15) is 4.39 Å². The molecule has 9 nitrogen and oxygen atoms in total. The molecule has 0 unspecified atom stereocenters. The molecule has 4 aromatic rings. The molecule has 1 aliphatic rings. The number of thioether (sulfide) groups is 1. The van der Waals surface area contributed by atoms with Gasteiger partial charge in [-0.05, 0) is 55.7 Å². The third kappa shape index (κ3) is 5.57. The molecule has 2 aromatic carbocycles. The highest BCUT2D eigenvalue weighted by Crippen LogP contribution is 2.28. The Morgan fingerprint density at radius 3 is 2.71 bits per heavy atom. The fourth-order valence-electron chi connectivity index (χ4n) is 3.89. The van der Waals surface area contributed by atoms with Crippen molar-refractivity contribution in [1.82, 2.24) is 29.7 Å². The highest BCUT2D eigenvalue weighted by atomic mass is 32.2. The van der Waals surface area contributed by atoms with Crippen LogP contribution in [0.15, 0.2) is 53.7 Å². The van der Waals surface area contributed by atoms with Crippen LogP contribution in [0.25, 0.3) is 11.4 Å². The molecule has 1 aliphatic heterocycles. The fraction of sp³-hybridized carbons (Fsp3) is 0.292. The van der Waals surface area contributed by atoms with Crippen LogP contribution < -0.4 is 11.1 Å². The van der Waals surface area contributed by atoms with Crippen molar-refractivity contribution in [3.8, 4) is 11.4 Å². The van der Waals surface area contributed by atoms with Gasteiger partial charge in [-0.2, -0.15) is 15.0 Å². The molecule has 5 rings (SSSR count). The molecule has 0 bridgehead atoms. The van der Waals surface area contributed by atoms with E-state index in [2.05, 4.69) is 30.5 Å². The van der Waals surface area contributed by atoms with Crippen LogP contribution in [0.5, 0.6) is 0 Å². The number of para-hydroxylation sites is 1. The van der Waals surface area contributed by atoms with Crippen LogP contribution in [0.4, 0.5) is 22.0 Å². The standard InChI is InChI=1S/C24H25FN8OS/c1-15-5-2-3-7-19(15)27-23-29-20(28-22(26)30-23)14-35-24-32-31-21(16-8-10-17(25)11-9-16)33(24)13-18-6-4-12-34-18/h2-3,5,7-11,18H,4,6,12-14H2,1H3,(H3,26,27,28,29,30)/t18-/m0/s1. The Kier molecular flexibility index (Phi) is 6.87. The molecule has 0 amide bonds. The zero-order valence-corrected chi connectivity index (χ0v) is 20.0. The third-order valence-corrected chi connectivity index (χ3v) is 6.61. The minimum absolute atomic E-state index is 0.0854. The summed E-state index contributed by atoms with van der Waals surface area (Å²) in [6.45, 7) is 3.37. The van der Waals surface area contributed by atoms with Crippen LogP contribution in [0.3, 0.4) is 0 Å². The highest BCUT2D eigenvalue weighted by Gasteiger charge is 2.22. The van der Waals surface area contributed by atoms with Crippen molar-refractivity contribution in [3.63, 3.8) is 0 Å². The van der Waals surface area contributed by atoms with Gasteiger partial charge in [0.05, 0.1) is 18.4 Å². The molecule has 0 aliphatic carbocycles. The molecule has 0 radical (unpaired) electrons. The number of ether oxygens (including phenoxy) is 1. The summed E-state index contributed by atoms with van der Waals surface area (Å²) in [4.78, 5) is 13.0. The van der Waals surface area contributed by atoms with Crippen molar-refractivity contribution in [2.24, 2.45) is 0 Å². The SMILES string of the molecule is Cc1ccccc1Nc1nc(N)nc(CSc2nnc(-c3ccc(F)cc3)n2C[C@@H]2CCCO2)n1. The van der Waals surface area contributed by atoms with Crippen LogP contribution in [-0.4, -0.2) is 42.4 Å². The van der Waals surface area contributed by atoms with Crippen LogP contribution in [0.1, 0.15) is 24.2 Å². The van der Waals surface area contributed by atoms with Gasteiger partial charge in [0.1, 0.15) is 11.6 Å². The van der Waals surface area contributed by atoms with Gasteiger partial charge in [-0.25, -0.2) is 4.39 Å². The van der Waals surface area contributed by atoms with Crippen LogP contribution in [-0.2, 0) is 17.0 Å². The number of hydrogen-bond acceptors (Lipinski definition) is 9. The van der Waals surface area contributed by atoms with Gasteiger partial charge >= 0.3 is 0 Å². The summed E-state index contributed by atoms with van der Waals surface area (Å²) < 4.78 is 21.3. The summed E-state index contributed by atoms with van der Waals surface area (Å²) in [5.74, 6) is 1.84. The Hall–Kier alpha value is -3.57. The lowest BCUT2D eigenvalue weighted by molar-refractivity contribution is 0.0953. The summed E-state index contributed by atoms with van der Waals surface area (Å²) >= 11 is 1.45. The van der Waals surface area contributed by atoms with E-state index in [0.29, 0.717) is 35.1 Å². The molecule has 1 saturated heterocycles. The normalized spacial score (nSPS) is 15.4. The molecular weight excluding hydrogens is 467 g/mol. The van der Waals surface area contributed by atoms with Gasteiger partial charge in [0, 0.05) is 17.9 Å². The molecule has 180 valence electrons. The van der Waals surface area contributed by atoms with Crippen LogP contribution in [0.2, 0.25) is 0 Å². The van der Waals surface area contributed by atoms with E-state index in [1.807, 2.05) is 35.8 Å². The summed E-state index contributed by atoms with van der Waals surface area (Å²) in [7, 11) is 0. The lowest BCUT2D eigenvalue weighted by Crippen LogP contribution is -2.16. The summed E-state index contributed by atoms with van der Waals surface area (Å²) in [6.07, 6.45) is 2.09. The van der Waals surface area contributed by atoms with Gasteiger partial charge in [-0.15, -0.1) is 10.2 Å². The Labute approximate surface area is 206 Å². The van der Waals surface area contributed by atoms with Gasteiger partial charge in [0.2, 0.25) is 11.9 Å². The van der Waals surface area contributed by atoms with Crippen LogP contribution in [0, 0.1) is 12.7 Å². The second-order valence-corrected chi connectivity index (χ2v) is 9.16. The molecule has 3 N–H and O–H groups in total. The monoisotopic (exact) mass is 492 g/mol. The van der Waals surface area contributed by atoms with Gasteiger partial charge in [-0.1, -0.05) is 30.0 Å². The summed E-state index contributed by atoms with van der Waals surface area (Å²) in [5.41, 5.74) is 8.72. The van der Waals surface area contributed by atoms with E-state index in [0.717, 1.165) is 36.3 Å². The second kappa shape index (κ2) is 10.4. The van der Waals surface area contributed by atoms with Crippen molar-refractivity contribution >= 4 is 29.3 Å². The Morgan fingerprint density at radius 2 is 1.94 bits per heavy atom. The van der Waals surface area contributed by atoms with Gasteiger partial charge in [-0.3, -0.25) is 4.57 Å². The maximum Gasteiger partial charge on any atom is 0.232 e. The molecule has 1 atom stereocenters. The number of rotatable bonds is 8. The average Bonchev–Trinajstić information content (AvgIpc) is 3.50. The Morgan fingerprint density at radius 1 is 1.11 bits per heavy atom. The van der Waals surface area contributed by atoms with Gasteiger partial charge < -0.3 is 15.8 Å². The third-order valence-electron chi connectivity index (χ3n) is 5.65. The van der Waals surface area contributed by atoms with E-state index in [4.69, 9.17) is 10.5 Å². The van der Waals surface area contributed by atoms with E-state index in [1.165, 1.54) is 23.9 Å². The van der Waals surface area contributed by atoms with E-state index >= 15 is 0 Å². The predicted octanol–water partition coefficient (Wildman–Crippen LogP) is 4.37. The molecule has 1 fully saturated rings. The first-order valence-corrected chi connectivity index (χ1v) is 12.3. The molecule has 35 heavy (non-hydrogen) atoms. The fourth-order valence-corrected chi connectivity index (χ4v) is 4.69. The maximum absolute atomic E-state index is 13.5. The zero-order valence-electron chi connectivity index (χ0n) is 19.2. The summed E-state index contributed by atoms with van der Waals surface area (Å²) in [6, 6.07) is 14.1. The largest absolute Gasteiger partial charge is 0.376 e. The van der Waals surface area contributed by atoms with E-state index < -0.39 is 0 Å². The van der Waals surface area contributed by atoms with Crippen molar-refractivity contribution in [1.29, 1.82) is 0 Å². The minimum atomic E-state index is -0.295. The number of hydrogen-bond donors (Lipinski definition) is 2. The number of aromatic nitrogens is 6. The zero-order chi connectivity index (χ0) is 24.2. The average molecular weight is 493 g/mol. The van der Waals surface area contributed by atoms with Crippen LogP contribution >= 0.6 is 11.8 Å². The molecule has 0 saturated carbocycles. The van der Waals surface area contributed by atoms with E-state index in [1.54, 1.807) is 12.1 Å². The van der Waals surface area contributed by atoms with Crippen molar-refractivity contribution in [3.05, 3.63) is 65.7 Å². The lowest BCUT2D eigenvalue weighted by atomic mass is 10.2. The lowest BCUT2D eigenvalue weighted by Gasteiger charge is -2.15. The van der Waals surface area contributed by atoms with E-state index in [-0.39, 0.29) is 17.9 Å². The topological polar surface area (TPSA) is 117 Å². The predicted molar refractivity (Wildman–Crippen MR) is 133 cm³/mol. The first-order chi connectivity index (χ1) is 17.0. The molecule has 0 spiro atoms. The number of anilines is 3. The molecule has 11 heteroatoms. The number of nitrogens with one attached hydrogen (secondary N) is 1. The second-order valence-electron chi connectivity index (χ2n) is 8.22. The maximum atomic E-state index is 13.5. The Bertz CT molecular complexity index is 1310. The quantitative estimate of drug-likeness (QED) is 0.346. The smallest absolute Gasteiger partial charge is 0.232 e.